The molecule has 0 aromatic heterocycles. The van der Waals surface area contributed by atoms with Crippen LogP contribution >= 0.6 is 0 Å². The van der Waals surface area contributed by atoms with Gasteiger partial charge in [-0.1, -0.05) is 44.0 Å². The number of sulfonamides is 1. The van der Waals surface area contributed by atoms with E-state index < -0.39 is 90.6 Å². The molecule has 40 heavy (non-hydrogen) atoms. The second-order valence-electron chi connectivity index (χ2n) is 9.15. The molecule has 5 rings (SSSR count). The van der Waals surface area contributed by atoms with E-state index >= 15 is 0 Å². The van der Waals surface area contributed by atoms with Gasteiger partial charge in [0.1, 0.15) is 6.08 Å². The van der Waals surface area contributed by atoms with Crippen molar-refractivity contribution in [2.45, 2.75) is 56.0 Å². The monoisotopic (exact) mass is 588 g/mol. The third-order valence-corrected chi connectivity index (χ3v) is 8.11. The summed E-state index contributed by atoms with van der Waals surface area (Å²) >= 11 is 0. The van der Waals surface area contributed by atoms with E-state index in [1.54, 1.807) is 30.3 Å². The molecular weight excluding hydrogens is 540 g/mol. The van der Waals surface area contributed by atoms with E-state index in [-0.39, 0.29) is 42.0 Å². The lowest BCUT2D eigenvalue weighted by atomic mass is 10.0. The molecule has 3 aliphatic heterocycles. The molecule has 3 aliphatic rings. The predicted molar refractivity (Wildman–Crippen MR) is 143 cm³/mol. The molecule has 12 heteroatoms. The maximum absolute atomic E-state index is 14.3. The first-order chi connectivity index (χ1) is 23.9. The second-order valence-corrected chi connectivity index (χ2v) is 11.0. The molecule has 0 unspecified atom stereocenters. The molecule has 2 saturated heterocycles. The fourth-order valence-corrected chi connectivity index (χ4v) is 5.76. The normalized spacial score (nSPS) is 32.0. The summed E-state index contributed by atoms with van der Waals surface area (Å²) in [5.74, 6) is -5.19. The van der Waals surface area contributed by atoms with E-state index in [4.69, 9.17) is 40.1 Å². The molecule has 1 amide bonds. The van der Waals surface area contributed by atoms with Crippen LogP contribution in [0.3, 0.4) is 0 Å². The van der Waals surface area contributed by atoms with E-state index in [0.29, 0.717) is 5.56 Å². The lowest BCUT2D eigenvalue weighted by Crippen LogP contribution is -2.51. The minimum atomic E-state index is -5.38. The van der Waals surface area contributed by atoms with Gasteiger partial charge in [-0.05, 0) is 36.4 Å². The Morgan fingerprint density at radius 1 is 1.27 bits per heavy atom. The summed E-state index contributed by atoms with van der Waals surface area (Å²) < 4.78 is 153. The molecule has 2 N–H and O–H groups in total. The van der Waals surface area contributed by atoms with Crippen molar-refractivity contribution in [1.82, 2.24) is 9.62 Å². The van der Waals surface area contributed by atoms with Crippen LogP contribution in [-0.4, -0.2) is 81.4 Å². The van der Waals surface area contributed by atoms with Crippen LogP contribution in [0.1, 0.15) is 42.1 Å². The molecular formula is C28H36N2O9S. The molecule has 0 radical (unpaired) electrons. The number of carbonyl (C=O) groups is 1. The number of nitrogens with one attached hydrogen (secondary N) is 1. The second kappa shape index (κ2) is 12.3. The highest BCUT2D eigenvalue weighted by Gasteiger charge is 2.44. The summed E-state index contributed by atoms with van der Waals surface area (Å²) in [4.78, 5) is 12.6. The third kappa shape index (κ3) is 6.52. The van der Waals surface area contributed by atoms with Gasteiger partial charge in [-0.25, -0.2) is 13.2 Å². The van der Waals surface area contributed by atoms with E-state index in [1.165, 1.54) is 0 Å². The maximum Gasteiger partial charge on any atom is 0.407 e. The molecule has 2 fully saturated rings. The van der Waals surface area contributed by atoms with Gasteiger partial charge >= 0.3 is 6.09 Å². The first-order valence-corrected chi connectivity index (χ1v) is 13.7. The number of fused-ring (bicyclic) bond motifs is 2. The Kier molecular flexibility index (Phi) is 5.28. The molecule has 2 aromatic carbocycles. The van der Waals surface area contributed by atoms with E-state index in [2.05, 4.69) is 5.32 Å². The van der Waals surface area contributed by atoms with Gasteiger partial charge in [0.25, 0.3) is 0 Å². The Labute approximate surface area is 251 Å². The summed E-state index contributed by atoms with van der Waals surface area (Å²) in [6.07, 6.45) is -7.73. The fourth-order valence-electron chi connectivity index (χ4n) is 4.44. The van der Waals surface area contributed by atoms with Crippen molar-refractivity contribution in [2.24, 2.45) is 11.8 Å². The van der Waals surface area contributed by atoms with Crippen molar-refractivity contribution in [2.75, 3.05) is 33.0 Å². The van der Waals surface area contributed by atoms with Gasteiger partial charge < -0.3 is 34.1 Å². The number of benzene rings is 2. The number of rotatable bonds is 11. The Morgan fingerprint density at radius 3 is 2.88 bits per heavy atom. The smallest absolute Gasteiger partial charge is 0.407 e. The maximum atomic E-state index is 14.3. The van der Waals surface area contributed by atoms with Gasteiger partial charge in [-0.3, -0.25) is 0 Å². The Morgan fingerprint density at radius 2 is 2.08 bits per heavy atom. The molecule has 0 aliphatic carbocycles. The quantitative estimate of drug-likeness (QED) is 0.406. The SMILES string of the molecule is [2H]C([2H])([2H])C([2H])(C([2H])([2H])[2H])C([2H])([2H])N(C[C@@H](O)[C@H](Cc1ccccc1)NC(=O)O[C@]1([2H])[C@@H]2CCO[C@@H]2OC1([2H])[2H])S(=O)(=O)c1ccc2c(c1)OCO2. The molecule has 2 aromatic rings. The zero-order valence-corrected chi connectivity index (χ0v) is 21.8. The van der Waals surface area contributed by atoms with Gasteiger partial charge in [0.05, 0.1) is 40.2 Å². The number of carbonyl (C=O) groups excluding carboxylic acids is 1. The Bertz CT molecular complexity index is 1740. The highest BCUT2D eigenvalue weighted by molar-refractivity contribution is 7.89. The summed E-state index contributed by atoms with van der Waals surface area (Å²) in [6.45, 7) is -16.6. The number of hydrogen-bond acceptors (Lipinski definition) is 9. The molecule has 0 spiro atoms. The summed E-state index contributed by atoms with van der Waals surface area (Å²) in [5, 5.41) is 13.9. The summed E-state index contributed by atoms with van der Waals surface area (Å²) in [5.41, 5.74) is 0.421. The van der Waals surface area contributed by atoms with Crippen molar-refractivity contribution in [3.05, 3.63) is 54.1 Å². The number of hydrogen-bond donors (Lipinski definition) is 2. The van der Waals surface area contributed by atoms with Crippen molar-refractivity contribution in [3.63, 3.8) is 0 Å². The minimum Gasteiger partial charge on any atom is -0.454 e. The van der Waals surface area contributed by atoms with Gasteiger partial charge in [0, 0.05) is 31.4 Å². The minimum absolute atomic E-state index is 0.0893. The van der Waals surface area contributed by atoms with Crippen LogP contribution in [0, 0.1) is 11.8 Å². The van der Waals surface area contributed by atoms with Gasteiger partial charge in [-0.2, -0.15) is 4.31 Å². The standard InChI is InChI=1S/C28H36N2O9S/c1-18(2)14-30(40(33,34)20-8-9-24-25(13-20)38-17-37-24)15-23(31)22(12-19-6-4-3-5-7-19)29-28(32)39-26-16-36-27-21(26)10-11-35-27/h3-9,13,18,21-23,26-27,31H,10-12,14-17H2,1-2H3,(H,29,32)/t21-,22-,23+,26-,27+/m0/s1/i1D3,2D3,14D2,16D2,18D,26D. The highest BCUT2D eigenvalue weighted by atomic mass is 32.2. The van der Waals surface area contributed by atoms with Crippen molar-refractivity contribution >= 4 is 16.1 Å². The van der Waals surface area contributed by atoms with E-state index in [9.17, 15) is 18.3 Å². The molecule has 3 heterocycles. The zero-order chi connectivity index (χ0) is 38.7. The van der Waals surface area contributed by atoms with Crippen LogP contribution in [-0.2, 0) is 30.7 Å². The van der Waals surface area contributed by atoms with Gasteiger partial charge in [0.15, 0.2) is 17.8 Å². The van der Waals surface area contributed by atoms with Crippen LogP contribution in [0.15, 0.2) is 53.4 Å². The van der Waals surface area contributed by atoms with Crippen LogP contribution < -0.4 is 14.8 Å². The Hall–Kier alpha value is -2.90. The largest absolute Gasteiger partial charge is 0.454 e. The number of aliphatic hydroxyl groups excluding tert-OH is 1. The highest BCUT2D eigenvalue weighted by Crippen LogP contribution is 2.35. The van der Waals surface area contributed by atoms with Crippen LogP contribution in [0.2, 0.25) is 0 Å². The number of nitrogens with zero attached hydrogens (tertiary/aromatic N) is 1. The van der Waals surface area contributed by atoms with Crippen LogP contribution in [0.25, 0.3) is 0 Å². The number of ether oxygens (including phenoxy) is 5. The van der Waals surface area contributed by atoms with Crippen molar-refractivity contribution < 1.29 is 58.5 Å². The average Bonchev–Trinajstić information content (AvgIpc) is 3.74. The number of amides is 1. The third-order valence-electron chi connectivity index (χ3n) is 6.44. The molecule has 218 valence electrons. The summed E-state index contributed by atoms with van der Waals surface area (Å²) in [7, 11) is -5.38. The predicted octanol–water partition coefficient (Wildman–Crippen LogP) is 2.52. The van der Waals surface area contributed by atoms with E-state index in [0.717, 1.165) is 18.2 Å². The topological polar surface area (TPSA) is 133 Å². The average molecular weight is 589 g/mol. The number of aliphatic hydroxyl groups is 1. The first-order valence-electron chi connectivity index (χ1n) is 18.3. The van der Waals surface area contributed by atoms with Crippen LogP contribution in [0.4, 0.5) is 4.79 Å². The van der Waals surface area contributed by atoms with Gasteiger partial charge in [0.2, 0.25) is 16.8 Å². The molecule has 11 nitrogen and oxygen atoms in total. The molecule has 5 atom stereocenters. The van der Waals surface area contributed by atoms with E-state index in [1.807, 2.05) is 0 Å². The molecule has 0 bridgehead atoms. The Balaban J connectivity index is 1.55. The lowest BCUT2D eigenvalue weighted by molar-refractivity contribution is -0.0907. The fraction of sp³-hybridized carbons (Fsp3) is 0.536. The first kappa shape index (κ1) is 17.1. The van der Waals surface area contributed by atoms with Crippen molar-refractivity contribution in [3.8, 4) is 11.5 Å². The lowest BCUT2D eigenvalue weighted by Gasteiger charge is -2.31. The molecule has 0 saturated carbocycles. The van der Waals surface area contributed by atoms with Crippen molar-refractivity contribution in [1.29, 1.82) is 0 Å². The zero-order valence-electron chi connectivity index (χ0n) is 33.0. The number of alkyl carbamates (subject to hydrolysis) is 1. The van der Waals surface area contributed by atoms with Gasteiger partial charge in [-0.15, -0.1) is 0 Å². The summed E-state index contributed by atoms with van der Waals surface area (Å²) in [6, 6.07) is 9.30. The van der Waals surface area contributed by atoms with Crippen LogP contribution in [0.5, 0.6) is 11.5 Å².